The number of rotatable bonds is 3. The highest BCUT2D eigenvalue weighted by Crippen LogP contribution is 2.46. The second-order valence-electron chi connectivity index (χ2n) is 6.94. The Labute approximate surface area is 120 Å². The van der Waals surface area contributed by atoms with Gasteiger partial charge >= 0.3 is 0 Å². The standard InChI is InChI=1S/C16H24N2S/c1-11-8-9-16(10-11,18-12-6-7-12)15-17-13-4-2-3-5-14(13)19-15/h11-12,18H,2-10H2,1H3. The van der Waals surface area contributed by atoms with Crippen LogP contribution in [0.1, 0.15) is 67.4 Å². The van der Waals surface area contributed by atoms with Crippen LogP contribution in [0.3, 0.4) is 0 Å². The van der Waals surface area contributed by atoms with E-state index < -0.39 is 0 Å². The molecule has 104 valence electrons. The van der Waals surface area contributed by atoms with Crippen molar-refractivity contribution >= 4 is 11.3 Å². The minimum Gasteiger partial charge on any atom is -0.303 e. The van der Waals surface area contributed by atoms with Crippen LogP contribution in [0.5, 0.6) is 0 Å². The van der Waals surface area contributed by atoms with Gasteiger partial charge in [0.2, 0.25) is 0 Å². The molecule has 2 atom stereocenters. The minimum atomic E-state index is 0.239. The molecule has 4 rings (SSSR count). The van der Waals surface area contributed by atoms with E-state index in [-0.39, 0.29) is 5.54 Å². The predicted molar refractivity (Wildman–Crippen MR) is 79.6 cm³/mol. The van der Waals surface area contributed by atoms with Crippen molar-refractivity contribution in [3.05, 3.63) is 15.6 Å². The monoisotopic (exact) mass is 276 g/mol. The van der Waals surface area contributed by atoms with Gasteiger partial charge in [-0.05, 0) is 63.7 Å². The van der Waals surface area contributed by atoms with Gasteiger partial charge in [0.1, 0.15) is 5.01 Å². The summed E-state index contributed by atoms with van der Waals surface area (Å²) in [6.07, 6.45) is 11.9. The van der Waals surface area contributed by atoms with Crippen LogP contribution in [0.15, 0.2) is 0 Å². The largest absolute Gasteiger partial charge is 0.303 e. The summed E-state index contributed by atoms with van der Waals surface area (Å²) in [4.78, 5) is 6.67. The number of nitrogens with one attached hydrogen (secondary N) is 1. The molecule has 0 radical (unpaired) electrons. The van der Waals surface area contributed by atoms with Crippen molar-refractivity contribution in [2.75, 3.05) is 0 Å². The number of nitrogens with zero attached hydrogens (tertiary/aromatic N) is 1. The Morgan fingerprint density at radius 3 is 2.74 bits per heavy atom. The molecule has 1 N–H and O–H groups in total. The zero-order valence-corrected chi connectivity index (χ0v) is 12.7. The van der Waals surface area contributed by atoms with Crippen LogP contribution in [0.4, 0.5) is 0 Å². The van der Waals surface area contributed by atoms with E-state index in [0.29, 0.717) is 0 Å². The highest BCUT2D eigenvalue weighted by Gasteiger charge is 2.44. The van der Waals surface area contributed by atoms with Gasteiger partial charge in [-0.3, -0.25) is 0 Å². The molecule has 2 fully saturated rings. The molecule has 0 bridgehead atoms. The maximum absolute atomic E-state index is 5.08. The molecule has 0 saturated heterocycles. The first-order chi connectivity index (χ1) is 9.25. The summed E-state index contributed by atoms with van der Waals surface area (Å²) in [5.74, 6) is 0.854. The summed E-state index contributed by atoms with van der Waals surface area (Å²) in [7, 11) is 0. The number of hydrogen-bond donors (Lipinski definition) is 1. The first-order valence-electron chi connectivity index (χ1n) is 8.02. The molecule has 3 aliphatic rings. The van der Waals surface area contributed by atoms with Gasteiger partial charge in [-0.1, -0.05) is 6.92 Å². The van der Waals surface area contributed by atoms with Gasteiger partial charge in [0.25, 0.3) is 0 Å². The Hall–Kier alpha value is -0.410. The summed E-state index contributed by atoms with van der Waals surface area (Å²) < 4.78 is 0. The molecular formula is C16H24N2S. The average Bonchev–Trinajstić information content (AvgIpc) is 2.97. The third kappa shape index (κ3) is 2.25. The van der Waals surface area contributed by atoms with Crippen molar-refractivity contribution < 1.29 is 0 Å². The number of thiazole rings is 1. The molecule has 1 heterocycles. The SMILES string of the molecule is CC1CCC(NC2CC2)(c2nc3c(s2)CCCC3)C1. The zero-order valence-electron chi connectivity index (χ0n) is 11.9. The summed E-state index contributed by atoms with van der Waals surface area (Å²) in [5, 5.41) is 5.40. The third-order valence-corrected chi connectivity index (χ3v) is 6.44. The molecule has 3 aliphatic carbocycles. The quantitative estimate of drug-likeness (QED) is 0.908. The first kappa shape index (κ1) is 12.3. The van der Waals surface area contributed by atoms with E-state index in [4.69, 9.17) is 4.98 Å². The summed E-state index contributed by atoms with van der Waals surface area (Å²) >= 11 is 2.03. The van der Waals surface area contributed by atoms with Crippen LogP contribution in [0.25, 0.3) is 0 Å². The Kier molecular flexibility index (Phi) is 2.96. The average molecular weight is 276 g/mol. The fraction of sp³-hybridized carbons (Fsp3) is 0.812. The van der Waals surface area contributed by atoms with Gasteiger partial charge in [-0.2, -0.15) is 0 Å². The Balaban J connectivity index is 1.67. The molecule has 0 amide bonds. The topological polar surface area (TPSA) is 24.9 Å². The number of aromatic nitrogens is 1. The lowest BCUT2D eigenvalue weighted by molar-refractivity contribution is 0.325. The predicted octanol–water partition coefficient (Wildman–Crippen LogP) is 3.79. The van der Waals surface area contributed by atoms with Gasteiger partial charge in [-0.25, -0.2) is 4.98 Å². The van der Waals surface area contributed by atoms with E-state index in [9.17, 15) is 0 Å². The molecule has 0 spiro atoms. The van der Waals surface area contributed by atoms with Gasteiger partial charge in [0.15, 0.2) is 0 Å². The fourth-order valence-electron chi connectivity index (χ4n) is 3.85. The van der Waals surface area contributed by atoms with E-state index in [0.717, 1.165) is 12.0 Å². The summed E-state index contributed by atoms with van der Waals surface area (Å²) in [6.45, 7) is 2.41. The third-order valence-electron chi connectivity index (χ3n) is 5.07. The van der Waals surface area contributed by atoms with Crippen molar-refractivity contribution in [3.63, 3.8) is 0 Å². The molecule has 2 nitrogen and oxygen atoms in total. The fourth-order valence-corrected chi connectivity index (χ4v) is 5.19. The molecule has 1 aromatic rings. The van der Waals surface area contributed by atoms with E-state index in [1.807, 2.05) is 11.3 Å². The lowest BCUT2D eigenvalue weighted by atomic mass is 9.96. The van der Waals surface area contributed by atoms with Gasteiger partial charge in [0, 0.05) is 10.9 Å². The highest BCUT2D eigenvalue weighted by molar-refractivity contribution is 7.11. The lowest BCUT2D eigenvalue weighted by Gasteiger charge is -2.29. The molecule has 1 aromatic heterocycles. The molecule has 3 heteroatoms. The van der Waals surface area contributed by atoms with Crippen LogP contribution in [0, 0.1) is 5.92 Å². The Morgan fingerprint density at radius 2 is 2.05 bits per heavy atom. The van der Waals surface area contributed by atoms with Gasteiger partial charge in [0.05, 0.1) is 11.2 Å². The van der Waals surface area contributed by atoms with Crippen LogP contribution < -0.4 is 5.32 Å². The zero-order chi connectivity index (χ0) is 12.9. The summed E-state index contributed by atoms with van der Waals surface area (Å²) in [6, 6.07) is 0.784. The van der Waals surface area contributed by atoms with Crippen molar-refractivity contribution in [3.8, 4) is 0 Å². The van der Waals surface area contributed by atoms with E-state index in [1.54, 1.807) is 4.88 Å². The van der Waals surface area contributed by atoms with Crippen LogP contribution in [0.2, 0.25) is 0 Å². The second kappa shape index (κ2) is 4.56. The van der Waals surface area contributed by atoms with E-state index in [2.05, 4.69) is 12.2 Å². The Morgan fingerprint density at radius 1 is 1.21 bits per heavy atom. The normalized spacial score (nSPS) is 34.5. The van der Waals surface area contributed by atoms with Crippen molar-refractivity contribution in [1.29, 1.82) is 0 Å². The lowest BCUT2D eigenvalue weighted by Crippen LogP contribution is -2.41. The molecule has 2 unspecified atom stereocenters. The molecule has 0 aromatic carbocycles. The Bertz CT molecular complexity index is 454. The maximum atomic E-state index is 5.08. The van der Waals surface area contributed by atoms with Crippen molar-refractivity contribution in [2.45, 2.75) is 76.3 Å². The van der Waals surface area contributed by atoms with Crippen LogP contribution in [-0.2, 0) is 18.4 Å². The number of aryl methyl sites for hydroxylation is 2. The molecule has 2 saturated carbocycles. The smallest absolute Gasteiger partial charge is 0.113 e. The minimum absolute atomic E-state index is 0.239. The first-order valence-corrected chi connectivity index (χ1v) is 8.84. The second-order valence-corrected chi connectivity index (χ2v) is 8.03. The van der Waals surface area contributed by atoms with Crippen LogP contribution >= 0.6 is 11.3 Å². The van der Waals surface area contributed by atoms with Crippen molar-refractivity contribution in [1.82, 2.24) is 10.3 Å². The van der Waals surface area contributed by atoms with E-state index >= 15 is 0 Å². The molecular weight excluding hydrogens is 252 g/mol. The number of hydrogen-bond acceptors (Lipinski definition) is 3. The van der Waals surface area contributed by atoms with Crippen molar-refractivity contribution in [2.24, 2.45) is 5.92 Å². The maximum Gasteiger partial charge on any atom is 0.113 e. The van der Waals surface area contributed by atoms with E-state index in [1.165, 1.54) is 68.5 Å². The van der Waals surface area contributed by atoms with Gasteiger partial charge in [-0.15, -0.1) is 11.3 Å². The number of fused-ring (bicyclic) bond motifs is 1. The summed E-state index contributed by atoms with van der Waals surface area (Å²) in [5.41, 5.74) is 1.67. The molecule has 0 aliphatic heterocycles. The molecule has 19 heavy (non-hydrogen) atoms. The van der Waals surface area contributed by atoms with Gasteiger partial charge < -0.3 is 5.32 Å². The highest BCUT2D eigenvalue weighted by atomic mass is 32.1. The van der Waals surface area contributed by atoms with Crippen LogP contribution in [-0.4, -0.2) is 11.0 Å².